The van der Waals surface area contributed by atoms with Crippen molar-refractivity contribution in [1.82, 2.24) is 5.32 Å². The van der Waals surface area contributed by atoms with Crippen LogP contribution in [0.25, 0.3) is 0 Å². The van der Waals surface area contributed by atoms with Crippen LogP contribution < -0.4 is 10.6 Å². The summed E-state index contributed by atoms with van der Waals surface area (Å²) in [6, 6.07) is 7.36. The van der Waals surface area contributed by atoms with E-state index < -0.39 is 17.7 Å². The molecule has 0 spiro atoms. The minimum atomic E-state index is -1.27. The number of benzene rings is 2. The van der Waals surface area contributed by atoms with E-state index in [0.717, 1.165) is 12.1 Å². The van der Waals surface area contributed by atoms with Gasteiger partial charge in [-0.2, -0.15) is 0 Å². The van der Waals surface area contributed by atoms with Crippen LogP contribution in [0.3, 0.4) is 0 Å². The quantitative estimate of drug-likeness (QED) is 0.695. The molecule has 0 aliphatic rings. The Kier molecular flexibility index (Phi) is 5.71. The summed E-state index contributed by atoms with van der Waals surface area (Å²) in [4.78, 5) is 23.2. The third-order valence-electron chi connectivity index (χ3n) is 2.86. The lowest BCUT2D eigenvalue weighted by atomic mass is 10.2. The van der Waals surface area contributed by atoms with Crippen molar-refractivity contribution in [3.63, 3.8) is 0 Å². The van der Waals surface area contributed by atoms with Gasteiger partial charge in [0.2, 0.25) is 0 Å². The van der Waals surface area contributed by atoms with Gasteiger partial charge in [0.1, 0.15) is 5.82 Å². The second-order valence-corrected chi connectivity index (χ2v) is 5.78. The number of carbonyl (C=O) groups is 2. The fourth-order valence-electron chi connectivity index (χ4n) is 1.79. The summed E-state index contributed by atoms with van der Waals surface area (Å²) >= 11 is 16.7. The molecule has 3 N–H and O–H groups in total. The largest absolute Gasteiger partial charge is 0.478 e. The van der Waals surface area contributed by atoms with Crippen molar-refractivity contribution in [3.8, 4) is 0 Å². The normalized spacial score (nSPS) is 10.1. The molecule has 5 nitrogen and oxygen atoms in total. The summed E-state index contributed by atoms with van der Waals surface area (Å²) in [5, 5.41) is 14.1. The highest BCUT2D eigenvalue weighted by molar-refractivity contribution is 7.80. The van der Waals surface area contributed by atoms with Gasteiger partial charge in [0.25, 0.3) is 5.91 Å². The van der Waals surface area contributed by atoms with Gasteiger partial charge in [0, 0.05) is 10.6 Å². The molecule has 0 aliphatic carbocycles. The highest BCUT2D eigenvalue weighted by Gasteiger charge is 2.17. The number of halogens is 3. The monoisotopic (exact) mass is 386 g/mol. The molecule has 0 aliphatic heterocycles. The minimum Gasteiger partial charge on any atom is -0.478 e. The van der Waals surface area contributed by atoms with Crippen molar-refractivity contribution in [1.29, 1.82) is 0 Å². The SMILES string of the molecule is O=C(NC(=S)Nc1c(Cl)cc(Cl)cc1C(=O)O)c1ccc(F)cc1. The second-order valence-electron chi connectivity index (χ2n) is 4.53. The molecule has 24 heavy (non-hydrogen) atoms. The molecule has 0 saturated carbocycles. The zero-order valence-corrected chi connectivity index (χ0v) is 14.1. The van der Waals surface area contributed by atoms with Crippen LogP contribution in [-0.4, -0.2) is 22.1 Å². The van der Waals surface area contributed by atoms with Crippen molar-refractivity contribution in [3.05, 3.63) is 63.4 Å². The molecule has 9 heteroatoms. The number of nitrogens with one attached hydrogen (secondary N) is 2. The van der Waals surface area contributed by atoms with Crippen molar-refractivity contribution in [2.75, 3.05) is 5.32 Å². The highest BCUT2D eigenvalue weighted by Crippen LogP contribution is 2.30. The lowest BCUT2D eigenvalue weighted by Crippen LogP contribution is -2.34. The Morgan fingerprint density at radius 1 is 1.12 bits per heavy atom. The van der Waals surface area contributed by atoms with Gasteiger partial charge in [-0.1, -0.05) is 23.2 Å². The van der Waals surface area contributed by atoms with Crippen LogP contribution >= 0.6 is 35.4 Å². The van der Waals surface area contributed by atoms with E-state index in [9.17, 15) is 19.1 Å². The first-order valence-electron chi connectivity index (χ1n) is 6.38. The molecule has 2 aromatic rings. The smallest absolute Gasteiger partial charge is 0.337 e. The maximum atomic E-state index is 12.8. The number of hydrogen-bond donors (Lipinski definition) is 3. The Morgan fingerprint density at radius 2 is 1.75 bits per heavy atom. The van der Waals surface area contributed by atoms with Crippen molar-refractivity contribution < 1.29 is 19.1 Å². The number of thiocarbonyl (C=S) groups is 1. The number of carboxylic acid groups (broad SMARTS) is 1. The van der Waals surface area contributed by atoms with Gasteiger partial charge in [0.15, 0.2) is 5.11 Å². The minimum absolute atomic E-state index is 0.00188. The molecule has 0 radical (unpaired) electrons. The molecular formula is C15H9Cl2FN2O3S. The zero-order chi connectivity index (χ0) is 17.9. The maximum Gasteiger partial charge on any atom is 0.337 e. The van der Waals surface area contributed by atoms with E-state index >= 15 is 0 Å². The van der Waals surface area contributed by atoms with E-state index in [1.54, 1.807) is 0 Å². The predicted octanol–water partition coefficient (Wildman–Crippen LogP) is 3.96. The molecule has 0 unspecified atom stereocenters. The lowest BCUT2D eigenvalue weighted by molar-refractivity contribution is 0.0697. The summed E-state index contributed by atoms with van der Waals surface area (Å²) in [6.07, 6.45) is 0. The Hall–Kier alpha value is -2.22. The van der Waals surface area contributed by atoms with Crippen molar-refractivity contribution in [2.24, 2.45) is 0 Å². The van der Waals surface area contributed by atoms with Crippen LogP contribution in [-0.2, 0) is 0 Å². The van der Waals surface area contributed by atoms with Crippen LogP contribution in [0.2, 0.25) is 10.0 Å². The average Bonchev–Trinajstić information content (AvgIpc) is 2.50. The molecular weight excluding hydrogens is 378 g/mol. The Labute approximate surface area is 151 Å². The number of rotatable bonds is 3. The van der Waals surface area contributed by atoms with Gasteiger partial charge in [-0.3, -0.25) is 10.1 Å². The summed E-state index contributed by atoms with van der Waals surface area (Å²) in [5.74, 6) is -2.34. The van der Waals surface area contributed by atoms with Gasteiger partial charge in [-0.25, -0.2) is 9.18 Å². The van der Waals surface area contributed by atoms with E-state index in [-0.39, 0.29) is 32.0 Å². The van der Waals surface area contributed by atoms with E-state index in [2.05, 4.69) is 10.6 Å². The topological polar surface area (TPSA) is 78.4 Å². The third-order valence-corrected chi connectivity index (χ3v) is 3.58. The summed E-state index contributed by atoms with van der Waals surface area (Å²) in [5.41, 5.74) is -0.0231. The lowest BCUT2D eigenvalue weighted by Gasteiger charge is -2.13. The van der Waals surface area contributed by atoms with E-state index in [0.29, 0.717) is 0 Å². The summed E-state index contributed by atoms with van der Waals surface area (Å²) < 4.78 is 12.8. The standard InChI is InChI=1S/C15H9Cl2FN2O3S/c16-8-5-10(14(22)23)12(11(17)6-8)19-15(24)20-13(21)7-1-3-9(18)4-2-7/h1-6H,(H,22,23)(H2,19,20,21,24). The fourth-order valence-corrected chi connectivity index (χ4v) is 2.53. The first-order chi connectivity index (χ1) is 11.3. The van der Waals surface area contributed by atoms with Gasteiger partial charge in [0.05, 0.1) is 16.3 Å². The molecule has 0 aromatic heterocycles. The average molecular weight is 387 g/mol. The number of anilines is 1. The molecule has 0 heterocycles. The molecule has 2 aromatic carbocycles. The van der Waals surface area contributed by atoms with Gasteiger partial charge in [-0.05, 0) is 48.6 Å². The van der Waals surface area contributed by atoms with Gasteiger partial charge in [-0.15, -0.1) is 0 Å². The van der Waals surface area contributed by atoms with Gasteiger partial charge < -0.3 is 10.4 Å². The molecule has 1 amide bonds. The highest BCUT2D eigenvalue weighted by atomic mass is 35.5. The number of carboxylic acids is 1. The number of hydrogen-bond acceptors (Lipinski definition) is 3. The van der Waals surface area contributed by atoms with Crippen LogP contribution in [0.4, 0.5) is 10.1 Å². The van der Waals surface area contributed by atoms with Crippen molar-refractivity contribution >= 4 is 58.1 Å². The van der Waals surface area contributed by atoms with Crippen LogP contribution in [0.15, 0.2) is 36.4 Å². The zero-order valence-electron chi connectivity index (χ0n) is 11.8. The van der Waals surface area contributed by atoms with Crippen LogP contribution in [0.5, 0.6) is 0 Å². The van der Waals surface area contributed by atoms with E-state index in [1.807, 2.05) is 0 Å². The molecule has 2 rings (SSSR count). The molecule has 0 atom stereocenters. The predicted molar refractivity (Wildman–Crippen MR) is 93.5 cm³/mol. The van der Waals surface area contributed by atoms with Crippen molar-refractivity contribution in [2.45, 2.75) is 0 Å². The van der Waals surface area contributed by atoms with E-state index in [1.165, 1.54) is 24.3 Å². The first kappa shape index (κ1) is 18.1. The number of aromatic carboxylic acids is 1. The summed E-state index contributed by atoms with van der Waals surface area (Å²) in [6.45, 7) is 0. The van der Waals surface area contributed by atoms with Crippen LogP contribution in [0.1, 0.15) is 20.7 Å². The second kappa shape index (κ2) is 7.57. The molecule has 0 bridgehead atoms. The Balaban J connectivity index is 2.17. The maximum absolute atomic E-state index is 12.8. The fraction of sp³-hybridized carbons (Fsp3) is 0. The third kappa shape index (κ3) is 4.41. The van der Waals surface area contributed by atoms with Gasteiger partial charge >= 0.3 is 5.97 Å². The molecule has 124 valence electrons. The van der Waals surface area contributed by atoms with E-state index in [4.69, 9.17) is 35.4 Å². The number of amides is 1. The Bertz CT molecular complexity index is 828. The first-order valence-corrected chi connectivity index (χ1v) is 7.54. The molecule has 0 saturated heterocycles. The molecule has 0 fully saturated rings. The van der Waals surface area contributed by atoms with Crippen LogP contribution in [0, 0.1) is 5.82 Å². The number of carbonyl (C=O) groups excluding carboxylic acids is 1. The Morgan fingerprint density at radius 3 is 2.33 bits per heavy atom. The summed E-state index contributed by atoms with van der Waals surface area (Å²) in [7, 11) is 0.